The standard InChI is InChI=1S/C15H17F3N2O5/c1-25-11(21)7-6-10(13(19)23)20-14(24)12(22)8-2-4-9(5-3-8)15(16,17)18/h2-5,10,12,22H,6-7H2,1H3,(H2,19,23)(H,20,24)/t10-,12+/m0/s1. The summed E-state index contributed by atoms with van der Waals surface area (Å²) in [5.74, 6) is -2.59. The summed E-state index contributed by atoms with van der Waals surface area (Å²) >= 11 is 0. The maximum absolute atomic E-state index is 12.5. The van der Waals surface area contributed by atoms with Crippen LogP contribution in [0.25, 0.3) is 0 Å². The molecule has 2 amide bonds. The average Bonchev–Trinajstić information content (AvgIpc) is 2.56. The second-order valence-electron chi connectivity index (χ2n) is 5.10. The third kappa shape index (κ3) is 6.07. The minimum atomic E-state index is -4.54. The Balaban J connectivity index is 2.76. The van der Waals surface area contributed by atoms with E-state index in [0.717, 1.165) is 19.2 Å². The molecule has 0 saturated heterocycles. The molecule has 1 aromatic carbocycles. The number of primary amides is 1. The molecule has 0 fully saturated rings. The van der Waals surface area contributed by atoms with Gasteiger partial charge in [0, 0.05) is 6.42 Å². The fourth-order valence-corrected chi connectivity index (χ4v) is 1.91. The van der Waals surface area contributed by atoms with E-state index in [0.29, 0.717) is 12.1 Å². The molecule has 0 bridgehead atoms. The van der Waals surface area contributed by atoms with E-state index in [-0.39, 0.29) is 18.4 Å². The van der Waals surface area contributed by atoms with Gasteiger partial charge in [-0.15, -0.1) is 0 Å². The van der Waals surface area contributed by atoms with E-state index in [4.69, 9.17) is 5.73 Å². The molecule has 0 aliphatic heterocycles. The first-order chi connectivity index (χ1) is 11.6. The van der Waals surface area contributed by atoms with Gasteiger partial charge in [0.05, 0.1) is 12.7 Å². The lowest BCUT2D eigenvalue weighted by molar-refractivity contribution is -0.141. The predicted molar refractivity (Wildman–Crippen MR) is 78.8 cm³/mol. The largest absolute Gasteiger partial charge is 0.469 e. The highest BCUT2D eigenvalue weighted by atomic mass is 19.4. The van der Waals surface area contributed by atoms with Gasteiger partial charge in [0.15, 0.2) is 6.10 Å². The summed E-state index contributed by atoms with van der Waals surface area (Å²) in [6.07, 6.45) is -6.69. The molecule has 7 nitrogen and oxygen atoms in total. The molecule has 1 rings (SSSR count). The van der Waals surface area contributed by atoms with Crippen molar-refractivity contribution < 1.29 is 37.4 Å². The van der Waals surface area contributed by atoms with Gasteiger partial charge in [-0.1, -0.05) is 12.1 Å². The van der Waals surface area contributed by atoms with Crippen LogP contribution in [0.3, 0.4) is 0 Å². The van der Waals surface area contributed by atoms with E-state index in [2.05, 4.69) is 10.1 Å². The summed E-state index contributed by atoms with van der Waals surface area (Å²) in [6, 6.07) is 2.08. The van der Waals surface area contributed by atoms with Crippen molar-refractivity contribution in [3.05, 3.63) is 35.4 Å². The lowest BCUT2D eigenvalue weighted by Crippen LogP contribution is -2.46. The Labute approximate surface area is 140 Å². The van der Waals surface area contributed by atoms with Gasteiger partial charge in [0.2, 0.25) is 5.91 Å². The van der Waals surface area contributed by atoms with Crippen LogP contribution in [0.15, 0.2) is 24.3 Å². The highest BCUT2D eigenvalue weighted by Crippen LogP contribution is 2.29. The molecule has 2 atom stereocenters. The van der Waals surface area contributed by atoms with Crippen molar-refractivity contribution >= 4 is 17.8 Å². The molecule has 1 aromatic rings. The Hall–Kier alpha value is -2.62. The van der Waals surface area contributed by atoms with Crippen LogP contribution >= 0.6 is 0 Å². The number of carbonyl (C=O) groups is 3. The Morgan fingerprint density at radius 3 is 2.24 bits per heavy atom. The van der Waals surface area contributed by atoms with Crippen LogP contribution in [0.1, 0.15) is 30.1 Å². The maximum Gasteiger partial charge on any atom is 0.416 e. The van der Waals surface area contributed by atoms with Crippen LogP contribution in [0.2, 0.25) is 0 Å². The van der Waals surface area contributed by atoms with Crippen LogP contribution in [0.5, 0.6) is 0 Å². The van der Waals surface area contributed by atoms with E-state index in [9.17, 15) is 32.7 Å². The van der Waals surface area contributed by atoms with Crippen LogP contribution in [-0.4, -0.2) is 36.0 Å². The number of amides is 2. The Kier molecular flexibility index (Phi) is 6.92. The van der Waals surface area contributed by atoms with E-state index in [1.807, 2.05) is 0 Å². The molecule has 0 radical (unpaired) electrons. The lowest BCUT2D eigenvalue weighted by atomic mass is 10.0. The SMILES string of the molecule is COC(=O)CC[C@H](NC(=O)[C@H](O)c1ccc(C(F)(F)F)cc1)C(N)=O. The number of hydrogen-bond acceptors (Lipinski definition) is 5. The topological polar surface area (TPSA) is 119 Å². The van der Waals surface area contributed by atoms with Crippen LogP contribution in [0.4, 0.5) is 13.2 Å². The summed E-state index contributed by atoms with van der Waals surface area (Å²) in [7, 11) is 1.15. The van der Waals surface area contributed by atoms with Crippen LogP contribution in [0, 0.1) is 0 Å². The van der Waals surface area contributed by atoms with E-state index in [1.54, 1.807) is 0 Å². The molecule has 25 heavy (non-hydrogen) atoms. The van der Waals surface area contributed by atoms with Gasteiger partial charge in [-0.25, -0.2) is 0 Å². The minimum Gasteiger partial charge on any atom is -0.469 e. The minimum absolute atomic E-state index is 0.0957. The molecule has 0 aromatic heterocycles. The van der Waals surface area contributed by atoms with Crippen LogP contribution < -0.4 is 11.1 Å². The highest BCUT2D eigenvalue weighted by molar-refractivity contribution is 5.89. The molecule has 0 heterocycles. The molecule has 0 saturated carbocycles. The second-order valence-corrected chi connectivity index (χ2v) is 5.10. The fourth-order valence-electron chi connectivity index (χ4n) is 1.91. The molecule has 4 N–H and O–H groups in total. The van der Waals surface area contributed by atoms with Crippen molar-refractivity contribution in [3.8, 4) is 0 Å². The van der Waals surface area contributed by atoms with Gasteiger partial charge >= 0.3 is 12.1 Å². The number of nitrogens with two attached hydrogens (primary N) is 1. The summed E-state index contributed by atoms with van der Waals surface area (Å²) in [6.45, 7) is 0. The first-order valence-corrected chi connectivity index (χ1v) is 7.08. The summed E-state index contributed by atoms with van der Waals surface area (Å²) < 4.78 is 41.9. The first-order valence-electron chi connectivity index (χ1n) is 7.08. The summed E-state index contributed by atoms with van der Waals surface area (Å²) in [4.78, 5) is 34.3. The number of alkyl halides is 3. The predicted octanol–water partition coefficient (Wildman–Crippen LogP) is 0.662. The number of hydrogen-bond donors (Lipinski definition) is 3. The number of aliphatic hydroxyl groups excluding tert-OH is 1. The monoisotopic (exact) mass is 362 g/mol. The number of ether oxygens (including phenoxy) is 1. The fraction of sp³-hybridized carbons (Fsp3) is 0.400. The van der Waals surface area contributed by atoms with E-state index in [1.165, 1.54) is 0 Å². The number of nitrogens with one attached hydrogen (secondary N) is 1. The van der Waals surface area contributed by atoms with Gasteiger partial charge in [0.25, 0.3) is 5.91 Å². The molecule has 10 heteroatoms. The molecule has 138 valence electrons. The third-order valence-electron chi connectivity index (χ3n) is 3.33. The number of esters is 1. The zero-order valence-corrected chi connectivity index (χ0v) is 13.2. The highest BCUT2D eigenvalue weighted by Gasteiger charge is 2.31. The van der Waals surface area contributed by atoms with Gasteiger partial charge in [0.1, 0.15) is 6.04 Å². The van der Waals surface area contributed by atoms with Crippen molar-refractivity contribution in [1.29, 1.82) is 0 Å². The Bertz CT molecular complexity index is 631. The number of halogens is 3. The normalized spacial score (nSPS) is 13.6. The zero-order chi connectivity index (χ0) is 19.2. The molecular weight excluding hydrogens is 345 g/mol. The van der Waals surface area contributed by atoms with Crippen molar-refractivity contribution in [1.82, 2.24) is 5.32 Å². The number of carbonyl (C=O) groups excluding carboxylic acids is 3. The lowest BCUT2D eigenvalue weighted by Gasteiger charge is -2.18. The average molecular weight is 362 g/mol. The van der Waals surface area contributed by atoms with Crippen molar-refractivity contribution in [2.45, 2.75) is 31.2 Å². The number of rotatable bonds is 7. The number of aliphatic hydroxyl groups is 1. The number of methoxy groups -OCH3 is 1. The quantitative estimate of drug-likeness (QED) is 0.616. The van der Waals surface area contributed by atoms with Crippen molar-refractivity contribution in [2.75, 3.05) is 7.11 Å². The zero-order valence-electron chi connectivity index (χ0n) is 13.2. The smallest absolute Gasteiger partial charge is 0.416 e. The second kappa shape index (κ2) is 8.47. The molecular formula is C15H17F3N2O5. The van der Waals surface area contributed by atoms with E-state index < -0.39 is 41.7 Å². The molecule has 0 aliphatic rings. The Morgan fingerprint density at radius 2 is 1.80 bits per heavy atom. The number of benzene rings is 1. The Morgan fingerprint density at radius 1 is 1.24 bits per heavy atom. The molecule has 0 spiro atoms. The van der Waals surface area contributed by atoms with Crippen LogP contribution in [-0.2, 0) is 25.3 Å². The van der Waals surface area contributed by atoms with Gasteiger partial charge in [-0.3, -0.25) is 14.4 Å². The molecule has 0 unspecified atom stereocenters. The first kappa shape index (κ1) is 20.4. The third-order valence-corrected chi connectivity index (χ3v) is 3.33. The van der Waals surface area contributed by atoms with E-state index >= 15 is 0 Å². The van der Waals surface area contributed by atoms with Crippen molar-refractivity contribution in [3.63, 3.8) is 0 Å². The van der Waals surface area contributed by atoms with Crippen molar-refractivity contribution in [2.24, 2.45) is 5.73 Å². The maximum atomic E-state index is 12.5. The van der Waals surface area contributed by atoms with Gasteiger partial charge in [-0.2, -0.15) is 13.2 Å². The van der Waals surface area contributed by atoms with Gasteiger partial charge in [-0.05, 0) is 24.1 Å². The summed E-state index contributed by atoms with van der Waals surface area (Å²) in [5.41, 5.74) is 4.08. The van der Waals surface area contributed by atoms with Gasteiger partial charge < -0.3 is 20.9 Å². The summed E-state index contributed by atoms with van der Waals surface area (Å²) in [5, 5.41) is 12.0. The molecule has 0 aliphatic carbocycles.